The summed E-state index contributed by atoms with van der Waals surface area (Å²) in [5.74, 6) is 2.40. The van der Waals surface area contributed by atoms with E-state index in [0.29, 0.717) is 0 Å². The van der Waals surface area contributed by atoms with Gasteiger partial charge in [-0.2, -0.15) is 0 Å². The third kappa shape index (κ3) is 2.81. The molecule has 2 aromatic rings. The van der Waals surface area contributed by atoms with E-state index >= 15 is 0 Å². The molecule has 3 rings (SSSR count). The molecule has 0 aromatic carbocycles. The van der Waals surface area contributed by atoms with E-state index in [-0.39, 0.29) is 0 Å². The van der Waals surface area contributed by atoms with Crippen LogP contribution in [-0.2, 0) is 13.0 Å². The zero-order valence-corrected chi connectivity index (χ0v) is 13.2. The standard InChI is InChI=1S/C15H20N4OS/c1-3-6-16-14-13(20-2)15(18-10-17-14)19-7-4-12-11(9-19)5-8-21-12/h5,8,10H,3-4,6-7,9H2,1-2H3,(H,16,17,18). The van der Waals surface area contributed by atoms with E-state index in [9.17, 15) is 0 Å². The molecule has 0 radical (unpaired) electrons. The first-order valence-corrected chi connectivity index (χ1v) is 8.14. The number of fused-ring (bicyclic) bond motifs is 1. The third-order valence-electron chi connectivity index (χ3n) is 3.64. The minimum absolute atomic E-state index is 0.740. The molecule has 112 valence electrons. The third-order valence-corrected chi connectivity index (χ3v) is 4.66. The molecular formula is C15H20N4OS. The summed E-state index contributed by atoms with van der Waals surface area (Å²) < 4.78 is 5.57. The highest BCUT2D eigenvalue weighted by atomic mass is 32.1. The van der Waals surface area contributed by atoms with Gasteiger partial charge in [-0.1, -0.05) is 6.92 Å². The van der Waals surface area contributed by atoms with Crippen LogP contribution in [0.15, 0.2) is 17.8 Å². The summed E-state index contributed by atoms with van der Waals surface area (Å²) in [5, 5.41) is 5.47. The summed E-state index contributed by atoms with van der Waals surface area (Å²) in [5.41, 5.74) is 1.40. The lowest BCUT2D eigenvalue weighted by Crippen LogP contribution is -2.30. The van der Waals surface area contributed by atoms with Gasteiger partial charge >= 0.3 is 0 Å². The number of methoxy groups -OCH3 is 1. The van der Waals surface area contributed by atoms with Crippen LogP contribution in [0.3, 0.4) is 0 Å². The van der Waals surface area contributed by atoms with Gasteiger partial charge in [-0.3, -0.25) is 0 Å². The predicted octanol–water partition coefficient (Wildman–Crippen LogP) is 2.93. The molecular weight excluding hydrogens is 284 g/mol. The number of anilines is 2. The molecule has 0 saturated heterocycles. The van der Waals surface area contributed by atoms with Crippen LogP contribution < -0.4 is 15.0 Å². The Balaban J connectivity index is 1.88. The van der Waals surface area contributed by atoms with Crippen LogP contribution in [0.1, 0.15) is 23.8 Å². The number of thiophene rings is 1. The minimum Gasteiger partial charge on any atom is -0.490 e. The van der Waals surface area contributed by atoms with Crippen LogP contribution >= 0.6 is 11.3 Å². The van der Waals surface area contributed by atoms with E-state index in [1.54, 1.807) is 13.4 Å². The molecule has 6 heteroatoms. The fourth-order valence-corrected chi connectivity index (χ4v) is 3.47. The molecule has 0 aliphatic carbocycles. The highest BCUT2D eigenvalue weighted by molar-refractivity contribution is 7.10. The van der Waals surface area contributed by atoms with Gasteiger partial charge in [0.1, 0.15) is 6.33 Å². The van der Waals surface area contributed by atoms with E-state index in [1.165, 1.54) is 10.4 Å². The monoisotopic (exact) mass is 304 g/mol. The smallest absolute Gasteiger partial charge is 0.204 e. The molecule has 0 amide bonds. The fourth-order valence-electron chi connectivity index (χ4n) is 2.58. The number of nitrogens with zero attached hydrogens (tertiary/aromatic N) is 3. The first kappa shape index (κ1) is 14.1. The summed E-state index contributed by atoms with van der Waals surface area (Å²) in [6.07, 6.45) is 3.72. The maximum atomic E-state index is 5.57. The number of aromatic nitrogens is 2. The van der Waals surface area contributed by atoms with Crippen molar-refractivity contribution in [2.45, 2.75) is 26.3 Å². The van der Waals surface area contributed by atoms with Gasteiger partial charge in [0.25, 0.3) is 0 Å². The highest BCUT2D eigenvalue weighted by Crippen LogP contribution is 2.35. The van der Waals surface area contributed by atoms with Crippen molar-refractivity contribution < 1.29 is 4.74 Å². The molecule has 1 N–H and O–H groups in total. The summed E-state index contributed by atoms with van der Waals surface area (Å²) >= 11 is 1.84. The topological polar surface area (TPSA) is 50.3 Å². The fraction of sp³-hybridized carbons (Fsp3) is 0.467. The Labute approximate surface area is 129 Å². The van der Waals surface area contributed by atoms with E-state index in [0.717, 1.165) is 49.9 Å². The SMILES string of the molecule is CCCNc1ncnc(N2CCc3sccc3C2)c1OC. The Morgan fingerprint density at radius 3 is 3.14 bits per heavy atom. The second-order valence-electron chi connectivity index (χ2n) is 5.05. The first-order valence-electron chi connectivity index (χ1n) is 7.26. The summed E-state index contributed by atoms with van der Waals surface area (Å²) in [7, 11) is 1.68. The van der Waals surface area contributed by atoms with Crippen LogP contribution in [0.4, 0.5) is 11.6 Å². The molecule has 0 unspecified atom stereocenters. The Kier molecular flexibility index (Phi) is 4.24. The maximum absolute atomic E-state index is 5.57. The van der Waals surface area contributed by atoms with Crippen molar-refractivity contribution in [3.63, 3.8) is 0 Å². The normalized spacial score (nSPS) is 13.9. The lowest BCUT2D eigenvalue weighted by atomic mass is 10.1. The lowest BCUT2D eigenvalue weighted by Gasteiger charge is -2.29. The second-order valence-corrected chi connectivity index (χ2v) is 6.05. The van der Waals surface area contributed by atoms with E-state index in [2.05, 4.69) is 38.6 Å². The quantitative estimate of drug-likeness (QED) is 0.920. The van der Waals surface area contributed by atoms with Crippen LogP contribution in [0.2, 0.25) is 0 Å². The van der Waals surface area contributed by atoms with Crippen LogP contribution in [0.25, 0.3) is 0 Å². The summed E-state index contributed by atoms with van der Waals surface area (Å²) in [6, 6.07) is 2.20. The molecule has 1 aliphatic heterocycles. The lowest BCUT2D eigenvalue weighted by molar-refractivity contribution is 0.411. The molecule has 1 aliphatic rings. The van der Waals surface area contributed by atoms with Crippen molar-refractivity contribution >= 4 is 23.0 Å². The highest BCUT2D eigenvalue weighted by Gasteiger charge is 2.23. The number of hydrogen-bond donors (Lipinski definition) is 1. The Morgan fingerprint density at radius 2 is 2.33 bits per heavy atom. The van der Waals surface area contributed by atoms with Crippen molar-refractivity contribution in [2.24, 2.45) is 0 Å². The first-order chi connectivity index (χ1) is 10.3. The minimum atomic E-state index is 0.740. The van der Waals surface area contributed by atoms with Crippen molar-refractivity contribution in [3.05, 3.63) is 28.2 Å². The van der Waals surface area contributed by atoms with Gasteiger partial charge in [-0.15, -0.1) is 11.3 Å². The number of nitrogens with one attached hydrogen (secondary N) is 1. The predicted molar refractivity (Wildman–Crippen MR) is 86.4 cm³/mol. The largest absolute Gasteiger partial charge is 0.490 e. The van der Waals surface area contributed by atoms with Gasteiger partial charge < -0.3 is 15.0 Å². The van der Waals surface area contributed by atoms with E-state index < -0.39 is 0 Å². The van der Waals surface area contributed by atoms with Crippen molar-refractivity contribution in [1.82, 2.24) is 9.97 Å². The molecule has 0 fully saturated rings. The molecule has 3 heterocycles. The number of hydrogen-bond acceptors (Lipinski definition) is 6. The Bertz CT molecular complexity index is 613. The summed E-state index contributed by atoms with van der Waals surface area (Å²) in [6.45, 7) is 4.86. The van der Waals surface area contributed by atoms with Gasteiger partial charge in [-0.05, 0) is 29.9 Å². The molecule has 5 nitrogen and oxygen atoms in total. The zero-order chi connectivity index (χ0) is 14.7. The molecule has 0 bridgehead atoms. The maximum Gasteiger partial charge on any atom is 0.204 e. The molecule has 2 aromatic heterocycles. The van der Waals surface area contributed by atoms with E-state index in [4.69, 9.17) is 4.74 Å². The van der Waals surface area contributed by atoms with Crippen LogP contribution in [-0.4, -0.2) is 30.2 Å². The number of ether oxygens (including phenoxy) is 1. The molecule has 21 heavy (non-hydrogen) atoms. The van der Waals surface area contributed by atoms with Crippen molar-refractivity contribution in [3.8, 4) is 5.75 Å². The van der Waals surface area contributed by atoms with Crippen LogP contribution in [0.5, 0.6) is 5.75 Å². The van der Waals surface area contributed by atoms with Crippen molar-refractivity contribution in [2.75, 3.05) is 30.4 Å². The average Bonchev–Trinajstić information content (AvgIpc) is 2.99. The van der Waals surface area contributed by atoms with Gasteiger partial charge in [0.15, 0.2) is 11.6 Å². The van der Waals surface area contributed by atoms with Crippen LogP contribution in [0, 0.1) is 0 Å². The zero-order valence-electron chi connectivity index (χ0n) is 12.4. The molecule has 0 atom stereocenters. The van der Waals surface area contributed by atoms with E-state index in [1.807, 2.05) is 11.3 Å². The van der Waals surface area contributed by atoms with Crippen molar-refractivity contribution in [1.29, 1.82) is 0 Å². The van der Waals surface area contributed by atoms with Gasteiger partial charge in [0, 0.05) is 24.5 Å². The van der Waals surface area contributed by atoms with Gasteiger partial charge in [-0.25, -0.2) is 9.97 Å². The Hall–Kier alpha value is -1.82. The Morgan fingerprint density at radius 1 is 1.43 bits per heavy atom. The van der Waals surface area contributed by atoms with Gasteiger partial charge in [0.05, 0.1) is 7.11 Å². The van der Waals surface area contributed by atoms with Gasteiger partial charge in [0.2, 0.25) is 5.75 Å². The second kappa shape index (κ2) is 6.30. The summed E-state index contributed by atoms with van der Waals surface area (Å²) in [4.78, 5) is 12.5. The average molecular weight is 304 g/mol. The molecule has 0 spiro atoms. The molecule has 0 saturated carbocycles. The number of rotatable bonds is 5.